The van der Waals surface area contributed by atoms with Gasteiger partial charge in [0, 0.05) is 13.5 Å². The molecule has 1 amide bonds. The van der Waals surface area contributed by atoms with E-state index in [2.05, 4.69) is 5.32 Å². The van der Waals surface area contributed by atoms with Gasteiger partial charge in [-0.15, -0.1) is 0 Å². The lowest BCUT2D eigenvalue weighted by Gasteiger charge is -2.51. The summed E-state index contributed by atoms with van der Waals surface area (Å²) in [5.41, 5.74) is 0. The number of carbonyl (C=O) groups is 1. The molecular formula is C35H61NO23. The number of aliphatic hydroxyl groups is 12. The summed E-state index contributed by atoms with van der Waals surface area (Å²) in [5.74, 6) is -0.726. The average Bonchev–Trinajstić information content (AvgIpc) is 3.20. The highest BCUT2D eigenvalue weighted by Gasteiger charge is 2.57. The lowest BCUT2D eigenvalue weighted by Crippen LogP contribution is -2.69. The molecule has 0 bridgehead atoms. The SMILES string of the molecule is CCCO[C@@H]1O[C@@H](C)[C@H](O)[C@@H](O[C@@H]2O[C@@H](C)[C@H](O)[C@@H](O)[C@H]2O[C@@H]2O[C@@H](C)[C@H](O)[C@@H](O[C@H]3O[C@H](CO)[C@@H](O)[C@H](O)[C@H]3O)[C@H]2O[C@@H]2O[C@H](CO)[C@@H](O)[C@H](O)[C@H]2NC(C)=O)[C@H]1O. The first kappa shape index (κ1) is 48.6. The second kappa shape index (κ2) is 20.8. The van der Waals surface area contributed by atoms with Gasteiger partial charge in [-0.2, -0.15) is 0 Å². The van der Waals surface area contributed by atoms with Crippen LogP contribution >= 0.6 is 0 Å². The quantitative estimate of drug-likeness (QED) is 0.0771. The van der Waals surface area contributed by atoms with Gasteiger partial charge >= 0.3 is 0 Å². The van der Waals surface area contributed by atoms with Crippen molar-refractivity contribution in [1.82, 2.24) is 5.32 Å². The highest BCUT2D eigenvalue weighted by molar-refractivity contribution is 5.73. The van der Waals surface area contributed by atoms with Gasteiger partial charge in [-0.3, -0.25) is 4.79 Å². The van der Waals surface area contributed by atoms with Crippen molar-refractivity contribution in [3.63, 3.8) is 0 Å². The summed E-state index contributed by atoms with van der Waals surface area (Å²) in [6.45, 7) is 5.66. The molecule has 344 valence electrons. The smallest absolute Gasteiger partial charge is 0.217 e. The Morgan fingerprint density at radius 1 is 0.492 bits per heavy atom. The standard InChI is InChI=1S/C35H61NO23/c1-6-7-50-32-26(49)27(18(41)11(3)51-32)56-34-29(24(47)17(40)10(2)52-34)58-35-30(59-31-16(36-13(5)39)22(45)20(43)14(8-37)54-31)28(19(42)12(4)53-35)57-33-25(48)23(46)21(44)15(9-38)55-33/h10-12,14-35,37-38,40-49H,6-9H2,1-5H3,(H,36,39)/t10-,11-,12-,14+,15+,16+,17-,18-,19-,20+,21+,22+,23-,24+,25+,26+,27+,28+,29+,30+,31-,32+,33+,34-,35-/m0/s1. The maximum absolute atomic E-state index is 12.3. The molecule has 5 aliphatic heterocycles. The van der Waals surface area contributed by atoms with Crippen molar-refractivity contribution in [2.45, 2.75) is 195 Å². The number of nitrogens with one attached hydrogen (secondary N) is 1. The molecule has 0 aliphatic carbocycles. The Morgan fingerprint density at radius 3 is 1.54 bits per heavy atom. The number of hydrogen-bond donors (Lipinski definition) is 13. The molecule has 0 radical (unpaired) electrons. The van der Waals surface area contributed by atoms with E-state index in [0.717, 1.165) is 6.92 Å². The van der Waals surface area contributed by atoms with Gasteiger partial charge in [0.2, 0.25) is 5.91 Å². The van der Waals surface area contributed by atoms with Crippen LogP contribution in [0.5, 0.6) is 0 Å². The first-order valence-electron chi connectivity index (χ1n) is 19.6. The van der Waals surface area contributed by atoms with E-state index < -0.39 is 173 Å². The van der Waals surface area contributed by atoms with Crippen LogP contribution in [0.4, 0.5) is 0 Å². The highest BCUT2D eigenvalue weighted by Crippen LogP contribution is 2.37. The van der Waals surface area contributed by atoms with Gasteiger partial charge in [-0.25, -0.2) is 0 Å². The molecule has 24 nitrogen and oxygen atoms in total. The molecule has 5 fully saturated rings. The number of rotatable bonds is 14. The molecule has 5 rings (SSSR count). The van der Waals surface area contributed by atoms with Gasteiger partial charge in [0.25, 0.3) is 0 Å². The van der Waals surface area contributed by atoms with E-state index in [4.69, 9.17) is 47.4 Å². The zero-order valence-corrected chi connectivity index (χ0v) is 33.1. The third kappa shape index (κ3) is 10.5. The molecule has 0 aromatic rings. The summed E-state index contributed by atoms with van der Waals surface area (Å²) in [5, 5.41) is 132. The van der Waals surface area contributed by atoms with Crippen molar-refractivity contribution in [3.05, 3.63) is 0 Å². The fourth-order valence-corrected chi connectivity index (χ4v) is 7.57. The second-order valence-corrected chi connectivity index (χ2v) is 15.5. The molecule has 59 heavy (non-hydrogen) atoms. The summed E-state index contributed by atoms with van der Waals surface area (Å²) in [7, 11) is 0. The van der Waals surface area contributed by atoms with Crippen molar-refractivity contribution in [2.24, 2.45) is 0 Å². The largest absolute Gasteiger partial charge is 0.394 e. The summed E-state index contributed by atoms with van der Waals surface area (Å²) >= 11 is 0. The first-order chi connectivity index (χ1) is 27.8. The predicted octanol–water partition coefficient (Wildman–Crippen LogP) is -7.26. The van der Waals surface area contributed by atoms with Crippen molar-refractivity contribution < 1.29 is 113 Å². The van der Waals surface area contributed by atoms with Gasteiger partial charge in [0.1, 0.15) is 104 Å². The van der Waals surface area contributed by atoms with Crippen LogP contribution in [0.25, 0.3) is 0 Å². The van der Waals surface area contributed by atoms with E-state index in [1.54, 1.807) is 0 Å². The van der Waals surface area contributed by atoms with Crippen LogP contribution in [-0.2, 0) is 52.2 Å². The average molecular weight is 864 g/mol. The molecule has 0 unspecified atom stereocenters. The Kier molecular flexibility index (Phi) is 17.2. The van der Waals surface area contributed by atoms with E-state index in [9.17, 15) is 66.1 Å². The Balaban J connectivity index is 1.52. The molecule has 0 spiro atoms. The molecule has 0 saturated carbocycles. The molecule has 24 heteroatoms. The number of amides is 1. The third-order valence-electron chi connectivity index (χ3n) is 11.1. The zero-order valence-electron chi connectivity index (χ0n) is 33.1. The van der Waals surface area contributed by atoms with Crippen LogP contribution in [0.2, 0.25) is 0 Å². The lowest BCUT2D eigenvalue weighted by atomic mass is 9.95. The maximum atomic E-state index is 12.3. The summed E-state index contributed by atoms with van der Waals surface area (Å²) in [4.78, 5) is 12.3. The minimum atomic E-state index is -2.00. The summed E-state index contributed by atoms with van der Waals surface area (Å²) in [6.07, 6.45) is -39.0. The molecule has 5 heterocycles. The topological polar surface area (TPSA) is 364 Å². The molecule has 13 N–H and O–H groups in total. The van der Waals surface area contributed by atoms with Gasteiger partial charge in [0.15, 0.2) is 31.5 Å². The first-order valence-corrected chi connectivity index (χ1v) is 19.6. The minimum Gasteiger partial charge on any atom is -0.394 e. The van der Waals surface area contributed by atoms with Crippen molar-refractivity contribution in [2.75, 3.05) is 19.8 Å². The van der Waals surface area contributed by atoms with E-state index in [-0.39, 0.29) is 6.61 Å². The highest BCUT2D eigenvalue weighted by atomic mass is 16.8. The monoisotopic (exact) mass is 863 g/mol. The van der Waals surface area contributed by atoms with E-state index in [1.807, 2.05) is 6.92 Å². The van der Waals surface area contributed by atoms with Gasteiger partial charge in [-0.1, -0.05) is 6.92 Å². The van der Waals surface area contributed by atoms with Crippen LogP contribution in [0.15, 0.2) is 0 Å². The number of carbonyl (C=O) groups excluding carboxylic acids is 1. The van der Waals surface area contributed by atoms with Crippen molar-refractivity contribution in [1.29, 1.82) is 0 Å². The molecular weight excluding hydrogens is 802 g/mol. The number of aliphatic hydroxyl groups excluding tert-OH is 12. The van der Waals surface area contributed by atoms with Gasteiger partial charge < -0.3 is 114 Å². The Bertz CT molecular complexity index is 1320. The Labute approximate surface area is 338 Å². The molecule has 5 saturated heterocycles. The minimum absolute atomic E-state index is 0.185. The normalized spacial score (nSPS) is 51.0. The molecule has 5 aliphatic rings. The molecule has 0 aromatic carbocycles. The Morgan fingerprint density at radius 2 is 0.966 bits per heavy atom. The van der Waals surface area contributed by atoms with Crippen molar-refractivity contribution >= 4 is 5.91 Å². The fraction of sp³-hybridized carbons (Fsp3) is 0.971. The van der Waals surface area contributed by atoms with Crippen LogP contribution < -0.4 is 5.32 Å². The van der Waals surface area contributed by atoms with Crippen LogP contribution in [0, 0.1) is 0 Å². The van der Waals surface area contributed by atoms with Crippen LogP contribution in [0.3, 0.4) is 0 Å². The third-order valence-corrected chi connectivity index (χ3v) is 11.1. The van der Waals surface area contributed by atoms with Gasteiger partial charge in [0.05, 0.1) is 31.5 Å². The summed E-state index contributed by atoms with van der Waals surface area (Å²) in [6, 6.07) is -1.58. The lowest BCUT2D eigenvalue weighted by molar-refractivity contribution is -0.408. The number of ether oxygens (including phenoxy) is 10. The Hall–Kier alpha value is -1.41. The molecule has 25 atom stereocenters. The summed E-state index contributed by atoms with van der Waals surface area (Å²) < 4.78 is 59.0. The van der Waals surface area contributed by atoms with Crippen molar-refractivity contribution in [3.8, 4) is 0 Å². The van der Waals surface area contributed by atoms with Crippen LogP contribution in [0.1, 0.15) is 41.0 Å². The second-order valence-electron chi connectivity index (χ2n) is 15.5. The van der Waals surface area contributed by atoms with E-state index >= 15 is 0 Å². The molecule has 0 aromatic heterocycles. The van der Waals surface area contributed by atoms with Gasteiger partial charge in [-0.05, 0) is 27.2 Å². The number of hydrogen-bond acceptors (Lipinski definition) is 23. The van der Waals surface area contributed by atoms with E-state index in [1.165, 1.54) is 20.8 Å². The predicted molar refractivity (Wildman–Crippen MR) is 188 cm³/mol. The van der Waals surface area contributed by atoms with Crippen LogP contribution in [-0.4, -0.2) is 240 Å². The maximum Gasteiger partial charge on any atom is 0.217 e. The fourth-order valence-electron chi connectivity index (χ4n) is 7.57. The van der Waals surface area contributed by atoms with E-state index in [0.29, 0.717) is 6.42 Å². The zero-order chi connectivity index (χ0) is 43.6.